The quantitative estimate of drug-likeness (QED) is 0.624. The van der Waals surface area contributed by atoms with Crippen LogP contribution in [-0.2, 0) is 16.0 Å². The molecule has 0 fully saturated rings. The number of benzene rings is 2. The van der Waals surface area contributed by atoms with E-state index in [1.54, 1.807) is 31.2 Å². The molecule has 6 nitrogen and oxygen atoms in total. The fourth-order valence-corrected chi connectivity index (χ4v) is 3.24. The third-order valence-electron chi connectivity index (χ3n) is 3.89. The maximum atomic E-state index is 12.2. The fourth-order valence-electron chi connectivity index (χ4n) is 2.51. The van der Waals surface area contributed by atoms with E-state index >= 15 is 0 Å². The Bertz CT molecular complexity index is 980. The van der Waals surface area contributed by atoms with Gasteiger partial charge >= 0.3 is 0 Å². The topological polar surface area (TPSA) is 91.3 Å². The molecule has 3 aromatic rings. The molecule has 0 saturated heterocycles. The van der Waals surface area contributed by atoms with Gasteiger partial charge in [0.1, 0.15) is 5.75 Å². The lowest BCUT2D eigenvalue weighted by Gasteiger charge is -2.04. The number of hydrogen-bond donors (Lipinski definition) is 3. The van der Waals surface area contributed by atoms with Crippen LogP contribution in [0.15, 0.2) is 47.8 Å². The van der Waals surface area contributed by atoms with Crippen LogP contribution in [0.4, 0.5) is 10.8 Å². The van der Waals surface area contributed by atoms with Crippen LogP contribution in [0, 0.1) is 6.92 Å². The highest BCUT2D eigenvalue weighted by Gasteiger charge is 2.10. The van der Waals surface area contributed by atoms with Gasteiger partial charge < -0.3 is 15.7 Å². The molecule has 0 aliphatic carbocycles. The normalized spacial score (nSPS) is 10.4. The first kappa shape index (κ1) is 18.6. The Kier molecular flexibility index (Phi) is 5.52. The molecule has 3 rings (SSSR count). The molecule has 0 unspecified atom stereocenters. The third-order valence-corrected chi connectivity index (χ3v) is 4.65. The van der Waals surface area contributed by atoms with Crippen LogP contribution in [0.2, 0.25) is 0 Å². The van der Waals surface area contributed by atoms with E-state index in [-0.39, 0.29) is 24.0 Å². The SMILES string of the molecule is CC(=O)Nc1ccc(-c2csc(NC(=O)Cc3ccc(C)c(O)c3)n2)cc1. The number of phenolic OH excluding ortho intramolecular Hbond substituents is 1. The van der Waals surface area contributed by atoms with Crippen molar-refractivity contribution in [3.8, 4) is 17.0 Å². The first-order valence-corrected chi connectivity index (χ1v) is 9.20. The van der Waals surface area contributed by atoms with Crippen molar-refractivity contribution < 1.29 is 14.7 Å². The summed E-state index contributed by atoms with van der Waals surface area (Å²) in [6, 6.07) is 12.5. The fraction of sp³-hybridized carbons (Fsp3) is 0.150. The number of carbonyl (C=O) groups excluding carboxylic acids is 2. The predicted octanol–water partition coefficient (Wildman–Crippen LogP) is 3.96. The van der Waals surface area contributed by atoms with Gasteiger partial charge in [-0.05, 0) is 36.2 Å². The van der Waals surface area contributed by atoms with Crippen LogP contribution in [-0.4, -0.2) is 21.9 Å². The molecule has 0 saturated carbocycles. The van der Waals surface area contributed by atoms with Crippen LogP contribution >= 0.6 is 11.3 Å². The van der Waals surface area contributed by atoms with Gasteiger partial charge in [0.25, 0.3) is 0 Å². The minimum atomic E-state index is -0.194. The summed E-state index contributed by atoms with van der Waals surface area (Å²) in [5, 5.41) is 17.6. The van der Waals surface area contributed by atoms with Gasteiger partial charge in [-0.3, -0.25) is 9.59 Å². The summed E-state index contributed by atoms with van der Waals surface area (Å²) < 4.78 is 0. The highest BCUT2D eigenvalue weighted by atomic mass is 32.1. The van der Waals surface area contributed by atoms with Crippen molar-refractivity contribution in [3.05, 3.63) is 59.0 Å². The molecule has 2 aromatic carbocycles. The van der Waals surface area contributed by atoms with Crippen molar-refractivity contribution in [2.45, 2.75) is 20.3 Å². The van der Waals surface area contributed by atoms with Gasteiger partial charge in [-0.15, -0.1) is 11.3 Å². The maximum Gasteiger partial charge on any atom is 0.230 e. The smallest absolute Gasteiger partial charge is 0.230 e. The molecule has 27 heavy (non-hydrogen) atoms. The Hall–Kier alpha value is -3.19. The molecule has 0 aliphatic rings. The Labute approximate surface area is 160 Å². The Morgan fingerprint density at radius 2 is 1.85 bits per heavy atom. The molecule has 0 spiro atoms. The molecule has 0 aliphatic heterocycles. The Morgan fingerprint density at radius 3 is 2.52 bits per heavy atom. The van der Waals surface area contributed by atoms with E-state index in [1.165, 1.54) is 18.3 Å². The molecule has 1 aromatic heterocycles. The number of phenols is 1. The average molecular weight is 381 g/mol. The molecule has 0 bridgehead atoms. The summed E-state index contributed by atoms with van der Waals surface area (Å²) in [7, 11) is 0. The minimum absolute atomic E-state index is 0.122. The van der Waals surface area contributed by atoms with Crippen molar-refractivity contribution in [2.24, 2.45) is 0 Å². The molecule has 138 valence electrons. The summed E-state index contributed by atoms with van der Waals surface area (Å²) in [5.74, 6) is -0.136. The summed E-state index contributed by atoms with van der Waals surface area (Å²) in [6.07, 6.45) is 0.161. The first-order chi connectivity index (χ1) is 12.9. The summed E-state index contributed by atoms with van der Waals surface area (Å²) in [4.78, 5) is 27.7. The van der Waals surface area contributed by atoms with Crippen molar-refractivity contribution in [3.63, 3.8) is 0 Å². The summed E-state index contributed by atoms with van der Waals surface area (Å²) >= 11 is 1.34. The molecule has 7 heteroatoms. The number of hydrogen-bond acceptors (Lipinski definition) is 5. The standard InChI is InChI=1S/C20H19N3O3S/c1-12-3-4-14(9-18(12)25)10-19(26)23-20-22-17(11-27-20)15-5-7-16(8-6-15)21-13(2)24/h3-9,11,25H,10H2,1-2H3,(H,21,24)(H,22,23,26). The lowest BCUT2D eigenvalue weighted by molar-refractivity contribution is -0.116. The van der Waals surface area contributed by atoms with Crippen molar-refractivity contribution >= 4 is 34.0 Å². The van der Waals surface area contributed by atoms with Crippen LogP contribution < -0.4 is 10.6 Å². The molecule has 0 atom stereocenters. The van der Waals surface area contributed by atoms with Crippen molar-refractivity contribution in [1.82, 2.24) is 4.98 Å². The summed E-state index contributed by atoms with van der Waals surface area (Å²) in [5.41, 5.74) is 3.87. The van der Waals surface area contributed by atoms with Gasteiger partial charge in [-0.1, -0.05) is 24.3 Å². The van der Waals surface area contributed by atoms with Gasteiger partial charge in [0.05, 0.1) is 12.1 Å². The van der Waals surface area contributed by atoms with Crippen molar-refractivity contribution in [2.75, 3.05) is 10.6 Å². The van der Waals surface area contributed by atoms with E-state index in [1.807, 2.05) is 23.6 Å². The van der Waals surface area contributed by atoms with Gasteiger partial charge in [0.2, 0.25) is 11.8 Å². The van der Waals surface area contributed by atoms with E-state index < -0.39 is 0 Å². The zero-order valence-corrected chi connectivity index (χ0v) is 15.8. The number of anilines is 2. The Balaban J connectivity index is 1.64. The van der Waals surface area contributed by atoms with Crippen LogP contribution in [0.1, 0.15) is 18.1 Å². The predicted molar refractivity (Wildman–Crippen MR) is 107 cm³/mol. The van der Waals surface area contributed by atoms with Crippen LogP contribution in [0.5, 0.6) is 5.75 Å². The molecular weight excluding hydrogens is 362 g/mol. The zero-order chi connectivity index (χ0) is 19.4. The van der Waals surface area contributed by atoms with E-state index in [4.69, 9.17) is 0 Å². The maximum absolute atomic E-state index is 12.2. The lowest BCUT2D eigenvalue weighted by Crippen LogP contribution is -2.14. The first-order valence-electron chi connectivity index (χ1n) is 8.32. The largest absolute Gasteiger partial charge is 0.508 e. The number of aryl methyl sites for hydroxylation is 1. The van der Waals surface area contributed by atoms with E-state index in [0.29, 0.717) is 5.13 Å². The van der Waals surface area contributed by atoms with E-state index in [2.05, 4.69) is 15.6 Å². The number of thiazole rings is 1. The van der Waals surface area contributed by atoms with E-state index in [9.17, 15) is 14.7 Å². The number of nitrogens with one attached hydrogen (secondary N) is 2. The van der Waals surface area contributed by atoms with Gasteiger partial charge in [0.15, 0.2) is 5.13 Å². The molecule has 3 N–H and O–H groups in total. The lowest BCUT2D eigenvalue weighted by atomic mass is 10.1. The highest BCUT2D eigenvalue weighted by molar-refractivity contribution is 7.14. The number of amides is 2. The number of aromatic nitrogens is 1. The zero-order valence-electron chi connectivity index (χ0n) is 14.9. The molecular formula is C20H19N3O3S. The average Bonchev–Trinajstić information content (AvgIpc) is 3.06. The minimum Gasteiger partial charge on any atom is -0.508 e. The number of rotatable bonds is 5. The number of aromatic hydroxyl groups is 1. The highest BCUT2D eigenvalue weighted by Crippen LogP contribution is 2.26. The van der Waals surface area contributed by atoms with Crippen LogP contribution in [0.3, 0.4) is 0 Å². The van der Waals surface area contributed by atoms with Gasteiger partial charge in [0, 0.05) is 23.6 Å². The van der Waals surface area contributed by atoms with Crippen LogP contribution in [0.25, 0.3) is 11.3 Å². The van der Waals surface area contributed by atoms with Gasteiger partial charge in [-0.25, -0.2) is 4.98 Å². The monoisotopic (exact) mass is 381 g/mol. The number of carbonyl (C=O) groups is 2. The second-order valence-electron chi connectivity index (χ2n) is 6.14. The van der Waals surface area contributed by atoms with E-state index in [0.717, 1.165) is 28.1 Å². The molecule has 1 heterocycles. The third kappa shape index (κ3) is 4.92. The number of nitrogens with zero attached hydrogens (tertiary/aromatic N) is 1. The summed E-state index contributed by atoms with van der Waals surface area (Å²) in [6.45, 7) is 3.26. The Morgan fingerprint density at radius 1 is 1.11 bits per heavy atom. The second-order valence-corrected chi connectivity index (χ2v) is 7.00. The molecule has 0 radical (unpaired) electrons. The second kappa shape index (κ2) is 8.01. The van der Waals surface area contributed by atoms with Crippen molar-refractivity contribution in [1.29, 1.82) is 0 Å². The molecule has 2 amide bonds. The van der Waals surface area contributed by atoms with Gasteiger partial charge in [-0.2, -0.15) is 0 Å².